The van der Waals surface area contributed by atoms with Gasteiger partial charge in [-0.3, -0.25) is 19.2 Å². The zero-order valence-corrected chi connectivity index (χ0v) is 77.4. The molecule has 8 atom stereocenters. The van der Waals surface area contributed by atoms with Gasteiger partial charge in [-0.05, 0) is 282 Å². The zero-order chi connectivity index (χ0) is 91.6. The third-order valence-electron chi connectivity index (χ3n) is 24.8. The van der Waals surface area contributed by atoms with Crippen molar-refractivity contribution in [3.8, 4) is 0 Å². The van der Waals surface area contributed by atoms with Crippen molar-refractivity contribution in [2.24, 2.45) is 43.3 Å². The monoisotopic (exact) mass is 1750 g/mol. The lowest BCUT2D eigenvalue weighted by molar-refractivity contribution is -0.808. The number of hydrogen-bond acceptors (Lipinski definition) is 28. The number of nitrogens with one attached hydrogen (secondary N) is 6. The van der Waals surface area contributed by atoms with Crippen LogP contribution in [-0.4, -0.2) is 192 Å². The molecule has 704 valence electrons. The van der Waals surface area contributed by atoms with E-state index in [-0.39, 0.29) is 90.0 Å². The second-order valence-electron chi connectivity index (χ2n) is 41.1. The number of aromatic nitrogens is 21. The summed E-state index contributed by atoms with van der Waals surface area (Å²) < 4.78 is 23.3. The summed E-state index contributed by atoms with van der Waals surface area (Å²) in [6.45, 7) is 37.0. The minimum absolute atomic E-state index is 0.00400. The van der Waals surface area contributed by atoms with Gasteiger partial charge in [-0.1, -0.05) is 126 Å². The van der Waals surface area contributed by atoms with E-state index in [9.17, 15) is 60.0 Å². The maximum absolute atomic E-state index is 11.5. The largest absolute Gasteiger partial charge is 0.393 e. The number of aromatic amines is 6. The van der Waals surface area contributed by atoms with Gasteiger partial charge in [0.05, 0.1) is 60.0 Å². The van der Waals surface area contributed by atoms with E-state index >= 15 is 0 Å². The topological polar surface area (TPSA) is 546 Å². The molecule has 8 heterocycles. The maximum atomic E-state index is 11.5. The van der Waals surface area contributed by atoms with Crippen LogP contribution in [0.5, 0.6) is 0 Å². The predicted octanol–water partition coefficient (Wildman–Crippen LogP) is 11.3. The summed E-state index contributed by atoms with van der Waals surface area (Å²) in [7, 11) is 0. The molecule has 37 heteroatoms. The van der Waals surface area contributed by atoms with Crippen LogP contribution in [0.15, 0.2) is 74.6 Å². The predicted molar refractivity (Wildman–Crippen MR) is 466 cm³/mol. The molecule has 37 nitrogen and oxygen atoms in total. The van der Waals surface area contributed by atoms with Crippen LogP contribution in [0.4, 0.5) is 0 Å². The number of tetrazole rings is 3. The van der Waals surface area contributed by atoms with Crippen LogP contribution in [0, 0.1) is 43.3 Å². The number of aliphatic hydroxyl groups is 8. The Hall–Kier alpha value is -8.07. The Labute approximate surface area is 730 Å². The Balaban J connectivity index is 0.000000294. The molecule has 0 bridgehead atoms. The van der Waals surface area contributed by atoms with Gasteiger partial charge >= 0.3 is 0 Å². The molecular weight excluding hydrogens is 1600 g/mol. The van der Waals surface area contributed by atoms with Crippen molar-refractivity contribution < 1.29 is 63.7 Å². The van der Waals surface area contributed by atoms with E-state index in [1.165, 1.54) is 24.7 Å². The van der Waals surface area contributed by atoms with Gasteiger partial charge in [0.25, 0.3) is 22.2 Å². The first-order valence-corrected chi connectivity index (χ1v) is 45.1. The highest BCUT2D eigenvalue weighted by molar-refractivity contribution is 5.03. The Kier molecular flexibility index (Phi) is 45.4. The van der Waals surface area contributed by atoms with Crippen molar-refractivity contribution in [2.75, 3.05) is 0 Å². The fraction of sp³-hybridized carbons (Fsp3) is 0.828. The maximum Gasteiger partial charge on any atom is 0.283 e. The fourth-order valence-corrected chi connectivity index (χ4v) is 14.6. The molecule has 0 radical (unpaired) electrons. The zero-order valence-electron chi connectivity index (χ0n) is 77.4. The number of aryl methyl sites for hydroxylation is 8. The van der Waals surface area contributed by atoms with Crippen LogP contribution in [0.25, 0.3) is 0 Å². The van der Waals surface area contributed by atoms with E-state index in [1.807, 2.05) is 0 Å². The van der Waals surface area contributed by atoms with Crippen LogP contribution < -0.4 is 27.0 Å². The SMILES string of the molecule is CC(C)(CCC(O)CCC(O)CCC(C)(C)CCn1cnnn1)CCn1cnnn1.CC(C)(CCc1cc(=O)[nH]o1)CCC(O)CCC(O)CCC(C)(C)CCc1cc(=O)[nH]o1.CC(C)(CCc1co[nH]c1=O)CCC(O)CCC(O)CCC(C)(C)CCc1co[nH]c1=O.CC(C)(CCc1nn[nH]n1)CCC(O)CCC(O)CCC(C)(C)CC[n+]1nnn[nH]1. The summed E-state index contributed by atoms with van der Waals surface area (Å²) in [6.07, 6.45) is 31.1. The quantitative estimate of drug-likeness (QED) is 0.0157. The van der Waals surface area contributed by atoms with E-state index in [2.05, 4.69) is 204 Å². The molecule has 8 aromatic rings. The van der Waals surface area contributed by atoms with Crippen LogP contribution in [0.2, 0.25) is 0 Å². The van der Waals surface area contributed by atoms with Gasteiger partial charge in [-0.15, -0.1) is 20.4 Å². The Morgan fingerprint density at radius 1 is 0.363 bits per heavy atom. The van der Waals surface area contributed by atoms with Crippen molar-refractivity contribution in [2.45, 2.75) is 417 Å². The van der Waals surface area contributed by atoms with E-state index in [1.54, 1.807) is 26.8 Å². The Bertz CT molecular complexity index is 3880. The van der Waals surface area contributed by atoms with Gasteiger partial charge in [0.15, 0.2) is 5.82 Å². The summed E-state index contributed by atoms with van der Waals surface area (Å²) in [4.78, 5) is 47.0. The van der Waals surface area contributed by atoms with Crippen LogP contribution >= 0.6 is 0 Å². The summed E-state index contributed by atoms with van der Waals surface area (Å²) in [5.74, 6) is 2.05. The summed E-state index contributed by atoms with van der Waals surface area (Å²) >= 11 is 0. The number of aliphatic hydroxyl groups excluding tert-OH is 8. The molecule has 124 heavy (non-hydrogen) atoms. The standard InChI is InChI=1S/2C24H40N2O6.C20H38N8O2.C19H37N9O2/c1-23(2,11-7-17-15-31-25-21(17)29)13-9-19(27)5-6-20(28)10-14-24(3,4)12-8-18-16-32-26-22(18)30;1-23(2,13-9-19-15-21(29)25-31-19)11-7-17(27)5-6-18(28)8-12-24(3,4)14-10-20-16-22(30)26-32-20;1-19(2,11-13-27-15-21-23-25-27)9-7-17(29)5-6-18(30)8-10-20(3,4)12-14-28-16-22-24-26-28;1-18(2,12-9-17-20-22-23-21-17)10-7-15(29)5-6-16(30)8-11-19(3,4)13-14-28-26-24-25-27-28/h15-16,19-20,27-28H,5-14H2,1-4H3,(H,25,29)(H,26,30);15-18,27-28H,5-14H2,1-4H3,(H,25,29)(H,26,30);15-18,29-30H,5-14H2,1-4H3;15-16,29-30H,5-14H2,1-4H3,(H,20,21,22,23)/p+1. The highest BCUT2D eigenvalue weighted by Crippen LogP contribution is 2.37. The van der Waals surface area contributed by atoms with Crippen molar-refractivity contribution in [1.82, 2.24) is 103 Å². The average molecular weight is 1750 g/mol. The molecule has 8 rings (SSSR count). The lowest BCUT2D eigenvalue weighted by Crippen LogP contribution is -2.41. The summed E-state index contributed by atoms with van der Waals surface area (Å²) in [6, 6.07) is 2.96. The molecule has 0 aromatic carbocycles. The Morgan fingerprint density at radius 2 is 0.669 bits per heavy atom. The van der Waals surface area contributed by atoms with Gasteiger partial charge in [-0.2, -0.15) is 25.8 Å². The first-order chi connectivity index (χ1) is 58.2. The highest BCUT2D eigenvalue weighted by Gasteiger charge is 2.30. The van der Waals surface area contributed by atoms with E-state index in [4.69, 9.17) is 18.1 Å². The number of nitrogens with zero attached hydrogens (tertiary/aromatic N) is 15. The molecule has 8 unspecified atom stereocenters. The van der Waals surface area contributed by atoms with Crippen LogP contribution in [-0.2, 0) is 51.7 Å². The molecule has 0 aliphatic heterocycles. The van der Waals surface area contributed by atoms with E-state index in [0.717, 1.165) is 160 Å². The second kappa shape index (κ2) is 52.9. The number of hydrogen-bond donors (Lipinski definition) is 14. The van der Waals surface area contributed by atoms with Crippen LogP contribution in [0.3, 0.4) is 0 Å². The van der Waals surface area contributed by atoms with Gasteiger partial charge in [0.2, 0.25) is 10.4 Å². The van der Waals surface area contributed by atoms with E-state index < -0.39 is 24.4 Å². The minimum Gasteiger partial charge on any atom is -0.393 e. The van der Waals surface area contributed by atoms with Crippen molar-refractivity contribution in [3.05, 3.63) is 107 Å². The summed E-state index contributed by atoms with van der Waals surface area (Å²) in [5.41, 5.74) is 0.981. The lowest BCUT2D eigenvalue weighted by Gasteiger charge is -2.27. The van der Waals surface area contributed by atoms with Crippen LogP contribution in [0.1, 0.15) is 345 Å². The molecule has 0 spiro atoms. The van der Waals surface area contributed by atoms with Gasteiger partial charge in [0, 0.05) is 44.5 Å². The summed E-state index contributed by atoms with van der Waals surface area (Å²) in [5, 5.41) is 142. The normalized spacial score (nSPS) is 14.6. The van der Waals surface area contributed by atoms with Crippen molar-refractivity contribution >= 4 is 0 Å². The minimum atomic E-state index is -0.443. The third kappa shape index (κ3) is 48.0. The van der Waals surface area contributed by atoms with Crippen molar-refractivity contribution in [1.29, 1.82) is 0 Å². The fourth-order valence-electron chi connectivity index (χ4n) is 14.6. The molecule has 0 aliphatic rings. The molecule has 8 aromatic heterocycles. The highest BCUT2D eigenvalue weighted by atomic mass is 16.5. The van der Waals surface area contributed by atoms with Gasteiger partial charge < -0.3 is 58.9 Å². The molecule has 0 fully saturated rings. The second-order valence-corrected chi connectivity index (χ2v) is 41.1. The number of H-pyrrole nitrogens is 6. The Morgan fingerprint density at radius 3 is 0.927 bits per heavy atom. The molecule has 0 aliphatic carbocycles. The first-order valence-electron chi connectivity index (χ1n) is 45.1. The molecule has 14 N–H and O–H groups in total. The van der Waals surface area contributed by atoms with Gasteiger partial charge in [0.1, 0.15) is 48.5 Å². The van der Waals surface area contributed by atoms with Crippen molar-refractivity contribution in [3.63, 3.8) is 0 Å². The van der Waals surface area contributed by atoms with Gasteiger partial charge in [-0.25, -0.2) is 9.36 Å². The average Bonchev–Trinajstić information content (AvgIpc) is 1.73. The molecule has 0 saturated carbocycles. The first kappa shape index (κ1) is 106. The third-order valence-corrected chi connectivity index (χ3v) is 24.8. The molecular formula is C87H156N21O16+. The molecule has 0 amide bonds. The number of rotatable bonds is 60. The smallest absolute Gasteiger partial charge is 0.283 e. The van der Waals surface area contributed by atoms with E-state index in [0.29, 0.717) is 125 Å². The lowest BCUT2D eigenvalue weighted by atomic mass is 9.80. The molecule has 0 saturated heterocycles.